The van der Waals surface area contributed by atoms with Gasteiger partial charge in [-0.05, 0) is 6.42 Å². The summed E-state index contributed by atoms with van der Waals surface area (Å²) in [5.41, 5.74) is 0. The van der Waals surface area contributed by atoms with Crippen LogP contribution in [0.2, 0.25) is 0 Å². The van der Waals surface area contributed by atoms with Gasteiger partial charge in [-0.1, -0.05) is 25.8 Å². The van der Waals surface area contributed by atoms with Crippen molar-refractivity contribution in [2.75, 3.05) is 13.2 Å². The number of ether oxygens (including phenoxy) is 1. The Kier molecular flexibility index (Phi) is 20.3. The predicted molar refractivity (Wildman–Crippen MR) is 61.9 cm³/mol. The van der Waals surface area contributed by atoms with Gasteiger partial charge in [-0.25, -0.2) is 0 Å². The summed E-state index contributed by atoms with van der Waals surface area (Å²) < 4.78 is 36.8. The summed E-state index contributed by atoms with van der Waals surface area (Å²) in [5.74, 6) is 0. The van der Waals surface area contributed by atoms with E-state index in [9.17, 15) is 0 Å². The summed E-state index contributed by atoms with van der Waals surface area (Å²) in [5, 5.41) is 0. The first kappa shape index (κ1) is 20.9. The third kappa shape index (κ3) is 53.3. The normalized spacial score (nSPS) is 9.53. The second-order valence-corrected chi connectivity index (χ2v) is 3.41. The molecule has 0 atom stereocenters. The van der Waals surface area contributed by atoms with Crippen LogP contribution in [0.1, 0.15) is 26.2 Å². The van der Waals surface area contributed by atoms with Crippen LogP contribution in [0.25, 0.3) is 0 Å². The molecule has 0 fully saturated rings. The quantitative estimate of drug-likeness (QED) is 0.319. The maximum absolute atomic E-state index is 8.74. The molecule has 0 aliphatic rings. The van der Waals surface area contributed by atoms with Gasteiger partial charge in [-0.3, -0.25) is 9.11 Å². The van der Waals surface area contributed by atoms with Crippen LogP contribution in [0.5, 0.6) is 0 Å². The first-order valence-electron chi connectivity index (χ1n) is 4.30. The Balaban J connectivity index is -0.000000208. The molecule has 0 spiro atoms. The van der Waals surface area contributed by atoms with Gasteiger partial charge in [0.2, 0.25) is 0 Å². The summed E-state index contributed by atoms with van der Waals surface area (Å²) in [4.78, 5) is 0. The summed E-state index contributed by atoms with van der Waals surface area (Å²) >= 11 is 0. The fourth-order valence-corrected chi connectivity index (χ4v) is 0.621. The van der Waals surface area contributed by atoms with Gasteiger partial charge in [0.1, 0.15) is 0 Å². The van der Waals surface area contributed by atoms with E-state index in [1.165, 1.54) is 19.3 Å². The molecule has 2 N–H and O–H groups in total. The molecule has 0 aromatic heterocycles. The minimum atomic E-state index is -4.67. The van der Waals surface area contributed by atoms with Crippen LogP contribution in [-0.4, -0.2) is 60.3 Å². The molecule has 0 aliphatic carbocycles. The summed E-state index contributed by atoms with van der Waals surface area (Å²) in [6.45, 7) is 7.33. The van der Waals surface area contributed by atoms with Crippen LogP contribution in [0.4, 0.5) is 0 Å². The molecular formula is C8H19NaO5S. The summed E-state index contributed by atoms with van der Waals surface area (Å²) in [6.07, 6.45) is 5.50. The van der Waals surface area contributed by atoms with Crippen LogP contribution >= 0.6 is 0 Å². The zero-order valence-electron chi connectivity index (χ0n) is 8.35. The Hall–Kier alpha value is 0.570. The molecule has 0 rings (SSSR count). The first-order valence-corrected chi connectivity index (χ1v) is 5.70. The Morgan fingerprint density at radius 3 is 2.13 bits per heavy atom. The average Bonchev–Trinajstić information content (AvgIpc) is 2.01. The summed E-state index contributed by atoms with van der Waals surface area (Å²) in [7, 11) is -4.67. The van der Waals surface area contributed by atoms with Gasteiger partial charge < -0.3 is 4.74 Å². The van der Waals surface area contributed by atoms with Crippen LogP contribution < -0.4 is 0 Å². The molecule has 0 radical (unpaired) electrons. The van der Waals surface area contributed by atoms with Crippen LogP contribution in [-0.2, 0) is 15.1 Å². The van der Waals surface area contributed by atoms with E-state index in [4.69, 9.17) is 22.3 Å². The monoisotopic (exact) mass is 250 g/mol. The summed E-state index contributed by atoms with van der Waals surface area (Å²) in [6, 6.07) is 0. The van der Waals surface area contributed by atoms with Crippen molar-refractivity contribution in [1.82, 2.24) is 0 Å². The van der Waals surface area contributed by atoms with Crippen molar-refractivity contribution in [1.29, 1.82) is 0 Å². The van der Waals surface area contributed by atoms with Crippen LogP contribution in [0.3, 0.4) is 0 Å². The van der Waals surface area contributed by atoms with Gasteiger partial charge in [-0.15, -0.1) is 6.58 Å². The van der Waals surface area contributed by atoms with Crippen LogP contribution in [0, 0.1) is 0 Å². The van der Waals surface area contributed by atoms with E-state index in [2.05, 4.69) is 13.5 Å². The van der Waals surface area contributed by atoms with E-state index in [0.29, 0.717) is 6.61 Å². The number of hydrogen-bond donors (Lipinski definition) is 2. The van der Waals surface area contributed by atoms with E-state index in [1.807, 2.05) is 0 Å². The Morgan fingerprint density at radius 1 is 1.33 bits per heavy atom. The average molecular weight is 250 g/mol. The second kappa shape index (κ2) is 14.6. The molecule has 7 heteroatoms. The molecular weight excluding hydrogens is 231 g/mol. The van der Waals surface area contributed by atoms with Crippen molar-refractivity contribution >= 4 is 40.0 Å². The van der Waals surface area contributed by atoms with Gasteiger partial charge in [0.15, 0.2) is 0 Å². The molecule has 15 heavy (non-hydrogen) atoms. The fourth-order valence-electron chi connectivity index (χ4n) is 0.621. The van der Waals surface area contributed by atoms with Crippen molar-refractivity contribution < 1.29 is 22.3 Å². The Labute approximate surface area is 114 Å². The van der Waals surface area contributed by atoms with Crippen molar-refractivity contribution in [3.8, 4) is 0 Å². The SMILES string of the molecule is C=CCOCCCCC.O=S(=O)(O)O.[NaH]. The maximum atomic E-state index is 8.74. The number of rotatable bonds is 6. The molecule has 0 unspecified atom stereocenters. The molecule has 0 amide bonds. The molecule has 0 heterocycles. The van der Waals surface area contributed by atoms with Gasteiger partial charge in [-0.2, -0.15) is 8.42 Å². The third-order valence-corrected chi connectivity index (χ3v) is 1.13. The zero-order valence-corrected chi connectivity index (χ0v) is 9.16. The van der Waals surface area contributed by atoms with E-state index >= 15 is 0 Å². The molecule has 0 saturated heterocycles. The second-order valence-electron chi connectivity index (χ2n) is 2.52. The molecule has 0 aromatic carbocycles. The van der Waals surface area contributed by atoms with Gasteiger partial charge in [0.25, 0.3) is 0 Å². The minimum absolute atomic E-state index is 0. The standard InChI is InChI=1S/C8H16O.Na.H2O4S.H/c1-3-5-6-8-9-7-4-2;;1-5(2,3)4;/h4H,2-3,5-8H2,1H3;;(H2,1,2,3,4);. The van der Waals surface area contributed by atoms with E-state index in [1.54, 1.807) is 6.08 Å². The predicted octanol–water partition coefficient (Wildman–Crippen LogP) is 1.08. The van der Waals surface area contributed by atoms with Crippen molar-refractivity contribution in [2.24, 2.45) is 0 Å². The number of hydrogen-bond acceptors (Lipinski definition) is 3. The molecule has 0 bridgehead atoms. The van der Waals surface area contributed by atoms with Crippen LogP contribution in [0.15, 0.2) is 12.7 Å². The molecule has 0 aliphatic heterocycles. The molecule has 5 nitrogen and oxygen atoms in total. The van der Waals surface area contributed by atoms with Gasteiger partial charge in [0.05, 0.1) is 6.61 Å². The van der Waals surface area contributed by atoms with E-state index < -0.39 is 10.4 Å². The zero-order chi connectivity index (χ0) is 11.4. The van der Waals surface area contributed by atoms with Gasteiger partial charge >= 0.3 is 40.0 Å². The molecule has 0 saturated carbocycles. The molecule has 88 valence electrons. The van der Waals surface area contributed by atoms with Crippen molar-refractivity contribution in [2.45, 2.75) is 26.2 Å². The molecule has 0 aromatic rings. The Morgan fingerprint density at radius 2 is 1.80 bits per heavy atom. The third-order valence-electron chi connectivity index (χ3n) is 1.13. The van der Waals surface area contributed by atoms with Gasteiger partial charge in [0, 0.05) is 6.61 Å². The topological polar surface area (TPSA) is 83.8 Å². The Bertz CT molecular complexity index is 207. The van der Waals surface area contributed by atoms with E-state index in [-0.39, 0.29) is 29.6 Å². The van der Waals surface area contributed by atoms with E-state index in [0.717, 1.165) is 6.61 Å². The fraction of sp³-hybridized carbons (Fsp3) is 0.750. The van der Waals surface area contributed by atoms with Crippen molar-refractivity contribution in [3.05, 3.63) is 12.7 Å². The number of unbranched alkanes of at least 4 members (excludes halogenated alkanes) is 2. The van der Waals surface area contributed by atoms with Crippen molar-refractivity contribution in [3.63, 3.8) is 0 Å². The first-order chi connectivity index (χ1) is 6.41.